The van der Waals surface area contributed by atoms with E-state index in [1.54, 1.807) is 37.3 Å². The molecule has 8 heteroatoms. The van der Waals surface area contributed by atoms with Crippen LogP contribution in [0, 0.1) is 13.8 Å². The fourth-order valence-corrected chi connectivity index (χ4v) is 4.53. The van der Waals surface area contributed by atoms with Gasteiger partial charge >= 0.3 is 0 Å². The average Bonchev–Trinajstić information content (AvgIpc) is 3.12. The summed E-state index contributed by atoms with van der Waals surface area (Å²) in [6.07, 6.45) is 1.52. The SMILES string of the molecule is Cc1ccc(C)c(S(=O)(=O)Nc2cccc(C(=O)Nn3cnc4ccccc43)c2)c1. The molecular formula is C22H20N4O3S. The van der Waals surface area contributed by atoms with E-state index in [1.807, 2.05) is 37.3 Å². The van der Waals surface area contributed by atoms with Gasteiger partial charge in [0.15, 0.2) is 0 Å². The second-order valence-electron chi connectivity index (χ2n) is 7.00. The summed E-state index contributed by atoms with van der Waals surface area (Å²) >= 11 is 0. The molecule has 0 aliphatic rings. The largest absolute Gasteiger partial charge is 0.280 e. The van der Waals surface area contributed by atoms with Gasteiger partial charge in [0.2, 0.25) is 0 Å². The summed E-state index contributed by atoms with van der Waals surface area (Å²) in [4.78, 5) is 17.2. The molecule has 0 radical (unpaired) electrons. The second kappa shape index (κ2) is 7.64. The van der Waals surface area contributed by atoms with Crippen LogP contribution in [0.2, 0.25) is 0 Å². The van der Waals surface area contributed by atoms with Crippen molar-refractivity contribution in [2.24, 2.45) is 0 Å². The standard InChI is InChI=1S/C22H20N4O3S/c1-15-10-11-16(2)21(12-15)30(28,29)25-18-7-5-6-17(13-18)22(27)24-26-14-23-19-8-3-4-9-20(19)26/h3-14,25H,1-2H3,(H,24,27). The van der Waals surface area contributed by atoms with E-state index in [1.165, 1.54) is 17.1 Å². The first-order valence-corrected chi connectivity index (χ1v) is 10.8. The van der Waals surface area contributed by atoms with Crippen molar-refractivity contribution in [3.05, 3.63) is 89.7 Å². The zero-order chi connectivity index (χ0) is 21.3. The van der Waals surface area contributed by atoms with Crippen LogP contribution in [-0.2, 0) is 10.0 Å². The lowest BCUT2D eigenvalue weighted by atomic mass is 10.2. The smallest absolute Gasteiger partial charge is 0.270 e. The third-order valence-electron chi connectivity index (χ3n) is 4.69. The van der Waals surface area contributed by atoms with E-state index in [4.69, 9.17) is 0 Å². The highest BCUT2D eigenvalue weighted by atomic mass is 32.2. The molecule has 152 valence electrons. The van der Waals surface area contributed by atoms with Crippen LogP contribution in [0.25, 0.3) is 11.0 Å². The van der Waals surface area contributed by atoms with Gasteiger partial charge in [-0.15, -0.1) is 0 Å². The van der Waals surface area contributed by atoms with Gasteiger partial charge in [-0.2, -0.15) is 0 Å². The minimum absolute atomic E-state index is 0.210. The summed E-state index contributed by atoms with van der Waals surface area (Å²) in [7, 11) is -3.78. The van der Waals surface area contributed by atoms with Crippen molar-refractivity contribution in [1.82, 2.24) is 9.66 Å². The van der Waals surface area contributed by atoms with Crippen molar-refractivity contribution in [3.63, 3.8) is 0 Å². The van der Waals surface area contributed by atoms with Gasteiger partial charge in [0, 0.05) is 11.3 Å². The van der Waals surface area contributed by atoms with Crippen molar-refractivity contribution in [2.45, 2.75) is 18.7 Å². The van der Waals surface area contributed by atoms with Gasteiger partial charge in [0.1, 0.15) is 6.33 Å². The zero-order valence-electron chi connectivity index (χ0n) is 16.5. The number of amides is 1. The number of carbonyl (C=O) groups excluding carboxylic acids is 1. The molecule has 0 saturated heterocycles. The number of anilines is 1. The summed E-state index contributed by atoms with van der Waals surface area (Å²) in [6, 6.07) is 19.0. The first kappa shape index (κ1) is 19.7. The summed E-state index contributed by atoms with van der Waals surface area (Å²) < 4.78 is 29.8. The first-order chi connectivity index (χ1) is 14.3. The number of aromatic nitrogens is 2. The van der Waals surface area contributed by atoms with E-state index in [9.17, 15) is 13.2 Å². The molecule has 0 fully saturated rings. The maximum Gasteiger partial charge on any atom is 0.270 e. The van der Waals surface area contributed by atoms with Crippen LogP contribution in [0.4, 0.5) is 5.69 Å². The Morgan fingerprint density at radius 1 is 0.967 bits per heavy atom. The third kappa shape index (κ3) is 3.90. The minimum atomic E-state index is -3.78. The number of nitrogens with zero attached hydrogens (tertiary/aromatic N) is 2. The Balaban J connectivity index is 1.58. The number of sulfonamides is 1. The normalized spacial score (nSPS) is 11.4. The Morgan fingerprint density at radius 2 is 1.77 bits per heavy atom. The van der Waals surface area contributed by atoms with Gasteiger partial charge < -0.3 is 0 Å². The summed E-state index contributed by atoms with van der Waals surface area (Å²) in [5.41, 5.74) is 6.39. The second-order valence-corrected chi connectivity index (χ2v) is 8.65. The van der Waals surface area contributed by atoms with Crippen molar-refractivity contribution in [1.29, 1.82) is 0 Å². The molecule has 0 aliphatic carbocycles. The number of aryl methyl sites for hydroxylation is 2. The maximum absolute atomic E-state index is 12.8. The number of imidazole rings is 1. The van der Waals surface area contributed by atoms with E-state index in [0.29, 0.717) is 16.8 Å². The highest BCUT2D eigenvalue weighted by Crippen LogP contribution is 2.21. The topological polar surface area (TPSA) is 93.1 Å². The van der Waals surface area contributed by atoms with E-state index < -0.39 is 10.0 Å². The van der Waals surface area contributed by atoms with Crippen LogP contribution in [0.1, 0.15) is 21.5 Å². The Kier molecular flexibility index (Phi) is 5.01. The molecule has 1 aromatic heterocycles. The van der Waals surface area contributed by atoms with Crippen LogP contribution >= 0.6 is 0 Å². The molecule has 7 nitrogen and oxygen atoms in total. The lowest BCUT2D eigenvalue weighted by molar-refractivity contribution is 0.101. The highest BCUT2D eigenvalue weighted by molar-refractivity contribution is 7.92. The molecule has 0 aliphatic heterocycles. The van der Waals surface area contributed by atoms with E-state index >= 15 is 0 Å². The fourth-order valence-electron chi connectivity index (χ4n) is 3.15. The molecule has 2 N–H and O–H groups in total. The number of benzene rings is 3. The molecule has 0 saturated carbocycles. The van der Waals surface area contributed by atoms with Gasteiger partial charge in [0.25, 0.3) is 15.9 Å². The fraction of sp³-hybridized carbons (Fsp3) is 0.0909. The lowest BCUT2D eigenvalue weighted by Crippen LogP contribution is -2.22. The number of hydrogen-bond acceptors (Lipinski definition) is 4. The molecular weight excluding hydrogens is 400 g/mol. The molecule has 4 aromatic rings. The number of rotatable bonds is 5. The number of nitrogens with one attached hydrogen (secondary N) is 2. The monoisotopic (exact) mass is 420 g/mol. The van der Waals surface area contributed by atoms with E-state index in [0.717, 1.165) is 16.6 Å². The highest BCUT2D eigenvalue weighted by Gasteiger charge is 2.18. The molecule has 0 atom stereocenters. The molecule has 0 spiro atoms. The van der Waals surface area contributed by atoms with E-state index in [2.05, 4.69) is 15.1 Å². The Bertz CT molecular complexity index is 1360. The summed E-state index contributed by atoms with van der Waals surface area (Å²) in [5.74, 6) is -0.383. The van der Waals surface area contributed by atoms with Crippen LogP contribution in [0.15, 0.2) is 78.0 Å². The lowest BCUT2D eigenvalue weighted by Gasteiger charge is -2.12. The maximum atomic E-state index is 12.8. The first-order valence-electron chi connectivity index (χ1n) is 9.27. The quantitative estimate of drug-likeness (QED) is 0.513. The minimum Gasteiger partial charge on any atom is -0.280 e. The van der Waals surface area contributed by atoms with Crippen molar-refractivity contribution in [2.75, 3.05) is 10.1 Å². The molecule has 1 heterocycles. The average molecular weight is 420 g/mol. The molecule has 3 aromatic carbocycles. The van der Waals surface area contributed by atoms with Crippen LogP contribution in [0.3, 0.4) is 0 Å². The Labute approximate surface area is 174 Å². The molecule has 4 rings (SSSR count). The van der Waals surface area contributed by atoms with Crippen molar-refractivity contribution < 1.29 is 13.2 Å². The van der Waals surface area contributed by atoms with Crippen LogP contribution < -0.4 is 10.1 Å². The number of fused-ring (bicyclic) bond motifs is 1. The molecule has 1 amide bonds. The van der Waals surface area contributed by atoms with Crippen LogP contribution in [-0.4, -0.2) is 24.0 Å². The van der Waals surface area contributed by atoms with Gasteiger partial charge in [-0.3, -0.25) is 14.9 Å². The van der Waals surface area contributed by atoms with Gasteiger partial charge in [0.05, 0.1) is 15.9 Å². The molecule has 30 heavy (non-hydrogen) atoms. The predicted molar refractivity (Wildman–Crippen MR) is 117 cm³/mol. The summed E-state index contributed by atoms with van der Waals surface area (Å²) in [5, 5.41) is 0. The number of para-hydroxylation sites is 2. The van der Waals surface area contributed by atoms with Gasteiger partial charge in [-0.25, -0.2) is 18.1 Å². The molecule has 0 unspecified atom stereocenters. The zero-order valence-corrected chi connectivity index (χ0v) is 17.3. The van der Waals surface area contributed by atoms with Crippen molar-refractivity contribution in [3.8, 4) is 0 Å². The predicted octanol–water partition coefficient (Wildman–Crippen LogP) is 3.84. The summed E-state index contributed by atoms with van der Waals surface area (Å²) in [6.45, 7) is 3.58. The van der Waals surface area contributed by atoms with Gasteiger partial charge in [-0.1, -0.05) is 30.3 Å². The third-order valence-corrected chi connectivity index (χ3v) is 6.21. The number of hydrogen-bond donors (Lipinski definition) is 2. The Morgan fingerprint density at radius 3 is 2.60 bits per heavy atom. The van der Waals surface area contributed by atoms with Crippen molar-refractivity contribution >= 4 is 32.7 Å². The Hall–Kier alpha value is -3.65. The van der Waals surface area contributed by atoms with Crippen LogP contribution in [0.5, 0.6) is 0 Å². The van der Waals surface area contributed by atoms with Gasteiger partial charge in [-0.05, 0) is 61.4 Å². The number of carbonyl (C=O) groups is 1. The van der Waals surface area contributed by atoms with E-state index in [-0.39, 0.29) is 10.8 Å². The molecule has 0 bridgehead atoms.